The van der Waals surface area contributed by atoms with Crippen molar-refractivity contribution in [1.82, 2.24) is 5.32 Å². The van der Waals surface area contributed by atoms with E-state index >= 15 is 0 Å². The fourth-order valence-corrected chi connectivity index (χ4v) is 3.34. The third-order valence-electron chi connectivity index (χ3n) is 4.22. The highest BCUT2D eigenvalue weighted by Crippen LogP contribution is 2.39. The van der Waals surface area contributed by atoms with Crippen LogP contribution in [0, 0.1) is 0 Å². The van der Waals surface area contributed by atoms with Crippen molar-refractivity contribution >= 4 is 23.3 Å². The minimum absolute atomic E-state index is 0.173. The second-order valence-electron chi connectivity index (χ2n) is 5.74. The summed E-state index contributed by atoms with van der Waals surface area (Å²) in [5.41, 5.74) is 1.56. The molecule has 2 aromatic carbocycles. The summed E-state index contributed by atoms with van der Waals surface area (Å²) in [6, 6.07) is 17.1. The van der Waals surface area contributed by atoms with Gasteiger partial charge in [-0.2, -0.15) is 0 Å². The van der Waals surface area contributed by atoms with E-state index in [0.717, 1.165) is 36.9 Å². The maximum atomic E-state index is 12.4. The number of hydrogen-bond donors (Lipinski definition) is 2. The molecule has 0 spiro atoms. The van der Waals surface area contributed by atoms with E-state index in [1.165, 1.54) is 0 Å². The van der Waals surface area contributed by atoms with Crippen LogP contribution in [0.5, 0.6) is 0 Å². The Balaban J connectivity index is 1.78. The van der Waals surface area contributed by atoms with Crippen molar-refractivity contribution in [2.45, 2.75) is 31.2 Å². The van der Waals surface area contributed by atoms with Crippen LogP contribution < -0.4 is 10.6 Å². The standard InChI is InChI=1S/C18H19ClN2O/c19-15-8-6-7-14(13-15)18(11-4-5-12-18)21-17(22)20-16-9-2-1-3-10-16/h1-3,6-10,13H,4-5,11-12H2,(H2,20,21,22). The smallest absolute Gasteiger partial charge is 0.319 e. The lowest BCUT2D eigenvalue weighted by Crippen LogP contribution is -2.45. The number of urea groups is 1. The van der Waals surface area contributed by atoms with E-state index in [-0.39, 0.29) is 11.6 Å². The first-order valence-electron chi connectivity index (χ1n) is 7.58. The van der Waals surface area contributed by atoms with Crippen molar-refractivity contribution in [2.24, 2.45) is 0 Å². The van der Waals surface area contributed by atoms with Crippen molar-refractivity contribution in [2.75, 3.05) is 5.32 Å². The van der Waals surface area contributed by atoms with Crippen LogP contribution in [0.3, 0.4) is 0 Å². The average Bonchev–Trinajstić information content (AvgIpc) is 2.98. The summed E-state index contributed by atoms with van der Waals surface area (Å²) in [4.78, 5) is 12.4. The molecule has 1 aliphatic carbocycles. The van der Waals surface area contributed by atoms with Gasteiger partial charge in [0.05, 0.1) is 5.54 Å². The van der Waals surface area contributed by atoms with Gasteiger partial charge in [-0.15, -0.1) is 0 Å². The Labute approximate surface area is 135 Å². The number of nitrogens with one attached hydrogen (secondary N) is 2. The van der Waals surface area contributed by atoms with Gasteiger partial charge in [-0.1, -0.05) is 54.8 Å². The number of carbonyl (C=O) groups is 1. The first-order chi connectivity index (χ1) is 10.7. The molecule has 1 fully saturated rings. The molecule has 114 valence electrons. The topological polar surface area (TPSA) is 41.1 Å². The molecule has 0 bridgehead atoms. The van der Waals surface area contributed by atoms with Crippen LogP contribution in [0.2, 0.25) is 5.02 Å². The Hall–Kier alpha value is -2.00. The molecule has 2 aromatic rings. The molecule has 0 aromatic heterocycles. The molecule has 22 heavy (non-hydrogen) atoms. The summed E-state index contributed by atoms with van der Waals surface area (Å²) in [5, 5.41) is 6.77. The van der Waals surface area contributed by atoms with Gasteiger partial charge in [0.2, 0.25) is 0 Å². The highest BCUT2D eigenvalue weighted by Gasteiger charge is 2.37. The first-order valence-corrected chi connectivity index (χ1v) is 7.96. The molecule has 3 rings (SSSR count). The summed E-state index contributed by atoms with van der Waals surface area (Å²) >= 11 is 6.12. The van der Waals surface area contributed by atoms with Crippen molar-refractivity contribution in [3.63, 3.8) is 0 Å². The summed E-state index contributed by atoms with van der Waals surface area (Å²) in [7, 11) is 0. The summed E-state index contributed by atoms with van der Waals surface area (Å²) in [5.74, 6) is 0. The summed E-state index contributed by atoms with van der Waals surface area (Å²) in [6.07, 6.45) is 4.10. The quantitative estimate of drug-likeness (QED) is 0.828. The lowest BCUT2D eigenvalue weighted by molar-refractivity contribution is 0.236. The molecule has 0 saturated heterocycles. The predicted octanol–water partition coefficient (Wildman–Crippen LogP) is 4.93. The molecule has 0 radical (unpaired) electrons. The summed E-state index contributed by atoms with van der Waals surface area (Å²) in [6.45, 7) is 0. The van der Waals surface area contributed by atoms with Crippen molar-refractivity contribution < 1.29 is 4.79 Å². The molecule has 1 aliphatic rings. The zero-order chi connectivity index (χ0) is 15.4. The third-order valence-corrected chi connectivity index (χ3v) is 4.45. The Morgan fingerprint density at radius 2 is 1.73 bits per heavy atom. The van der Waals surface area contributed by atoms with Gasteiger partial charge in [0, 0.05) is 10.7 Å². The number of hydrogen-bond acceptors (Lipinski definition) is 1. The molecule has 1 saturated carbocycles. The maximum absolute atomic E-state index is 12.4. The predicted molar refractivity (Wildman–Crippen MR) is 90.2 cm³/mol. The van der Waals surface area contributed by atoms with Crippen LogP contribution in [-0.4, -0.2) is 6.03 Å². The molecule has 3 nitrogen and oxygen atoms in total. The van der Waals surface area contributed by atoms with E-state index in [9.17, 15) is 4.79 Å². The van der Waals surface area contributed by atoms with Crippen LogP contribution in [0.25, 0.3) is 0 Å². The number of amides is 2. The molecule has 0 aliphatic heterocycles. The Morgan fingerprint density at radius 3 is 2.41 bits per heavy atom. The maximum Gasteiger partial charge on any atom is 0.319 e. The molecule has 0 heterocycles. The molecule has 2 N–H and O–H groups in total. The van der Waals surface area contributed by atoms with Gasteiger partial charge in [0.1, 0.15) is 0 Å². The van der Waals surface area contributed by atoms with E-state index in [2.05, 4.69) is 10.6 Å². The monoisotopic (exact) mass is 314 g/mol. The van der Waals surface area contributed by atoms with Gasteiger partial charge in [0.15, 0.2) is 0 Å². The normalized spacial score (nSPS) is 16.2. The van der Waals surface area contributed by atoms with E-state index in [4.69, 9.17) is 11.6 Å². The van der Waals surface area contributed by atoms with Gasteiger partial charge in [-0.25, -0.2) is 4.79 Å². The lowest BCUT2D eigenvalue weighted by Gasteiger charge is -2.31. The third kappa shape index (κ3) is 3.25. The largest absolute Gasteiger partial charge is 0.328 e. The molecule has 0 unspecified atom stereocenters. The number of rotatable bonds is 3. The molecule has 0 atom stereocenters. The Kier molecular flexibility index (Phi) is 4.34. The number of halogens is 1. The minimum atomic E-state index is -0.316. The van der Waals surface area contributed by atoms with E-state index in [1.807, 2.05) is 54.6 Å². The highest BCUT2D eigenvalue weighted by atomic mass is 35.5. The fraction of sp³-hybridized carbons (Fsp3) is 0.278. The lowest BCUT2D eigenvalue weighted by atomic mass is 9.88. The minimum Gasteiger partial charge on any atom is -0.328 e. The second-order valence-corrected chi connectivity index (χ2v) is 6.18. The molecule has 2 amide bonds. The van der Waals surface area contributed by atoms with Crippen molar-refractivity contribution in [1.29, 1.82) is 0 Å². The number of benzene rings is 2. The van der Waals surface area contributed by atoms with Crippen molar-refractivity contribution in [3.8, 4) is 0 Å². The van der Waals surface area contributed by atoms with Crippen LogP contribution in [0.15, 0.2) is 54.6 Å². The summed E-state index contributed by atoms with van der Waals surface area (Å²) < 4.78 is 0. The Bertz CT molecular complexity index is 651. The number of carbonyl (C=O) groups excluding carboxylic acids is 1. The SMILES string of the molecule is O=C(Nc1ccccc1)NC1(c2cccc(Cl)c2)CCCC1. The van der Waals surface area contributed by atoms with Gasteiger partial charge in [0.25, 0.3) is 0 Å². The number of anilines is 1. The average molecular weight is 315 g/mol. The molecule has 4 heteroatoms. The zero-order valence-electron chi connectivity index (χ0n) is 12.3. The van der Waals surface area contributed by atoms with Gasteiger partial charge < -0.3 is 10.6 Å². The van der Waals surface area contributed by atoms with Gasteiger partial charge >= 0.3 is 6.03 Å². The fourth-order valence-electron chi connectivity index (χ4n) is 3.15. The van der Waals surface area contributed by atoms with Crippen LogP contribution in [0.4, 0.5) is 10.5 Å². The van der Waals surface area contributed by atoms with E-state index in [1.54, 1.807) is 0 Å². The van der Waals surface area contributed by atoms with E-state index < -0.39 is 0 Å². The van der Waals surface area contributed by atoms with Crippen LogP contribution in [0.1, 0.15) is 31.2 Å². The molecular formula is C18H19ClN2O. The number of para-hydroxylation sites is 1. The van der Waals surface area contributed by atoms with Crippen LogP contribution >= 0.6 is 11.6 Å². The van der Waals surface area contributed by atoms with Gasteiger partial charge in [-0.05, 0) is 42.7 Å². The second kappa shape index (κ2) is 6.41. The van der Waals surface area contributed by atoms with E-state index in [0.29, 0.717) is 5.02 Å². The van der Waals surface area contributed by atoms with Crippen molar-refractivity contribution in [3.05, 3.63) is 65.2 Å². The zero-order valence-corrected chi connectivity index (χ0v) is 13.1. The van der Waals surface area contributed by atoms with Gasteiger partial charge in [-0.3, -0.25) is 0 Å². The Morgan fingerprint density at radius 1 is 1.00 bits per heavy atom. The molecular weight excluding hydrogens is 296 g/mol. The highest BCUT2D eigenvalue weighted by molar-refractivity contribution is 6.30. The van der Waals surface area contributed by atoms with Crippen LogP contribution in [-0.2, 0) is 5.54 Å². The first kappa shape index (κ1) is 14.9.